The Morgan fingerprint density at radius 1 is 0.298 bits per heavy atom. The number of benzene rings is 11. The SMILES string of the molecule is CC(C)(C)c1ccc(-c2cc3cc(c2)-c2cccc4c5cccc6c5n(c24)-c2c(c4c(=O)c5cc(C(C)(C)C)ccc5n5c7ccc(C(C)(C)C)cc7c(=O)c(c2C(C)(C)c2ccc(cc2)-c2cc(-c7ccc(C(C)(C)C)cc7)cc-6c2)c45)C(C)(C)c2ccc-3cc2)cc1. The number of aromatic nitrogens is 2. The van der Waals surface area contributed by atoms with E-state index < -0.39 is 10.8 Å². The molecule has 4 nitrogen and oxygen atoms in total. The maximum Gasteiger partial charge on any atom is 0.197 e. The van der Waals surface area contributed by atoms with Gasteiger partial charge < -0.3 is 8.97 Å². The highest BCUT2D eigenvalue weighted by Crippen LogP contribution is 2.54. The van der Waals surface area contributed by atoms with Crippen molar-refractivity contribution in [3.63, 3.8) is 0 Å². The Kier molecular flexibility index (Phi) is 12.6. The van der Waals surface area contributed by atoms with Gasteiger partial charge in [-0.3, -0.25) is 9.59 Å². The summed E-state index contributed by atoms with van der Waals surface area (Å²) in [7, 11) is 0. The van der Waals surface area contributed by atoms with Crippen LogP contribution in [-0.4, -0.2) is 8.97 Å². The highest BCUT2D eigenvalue weighted by Gasteiger charge is 2.42. The quantitative estimate of drug-likeness (QED) is 0.128. The van der Waals surface area contributed by atoms with Crippen molar-refractivity contribution in [2.24, 2.45) is 0 Å². The third-order valence-corrected chi connectivity index (χ3v) is 21.6. The maximum absolute atomic E-state index is 17.4. The highest BCUT2D eigenvalue weighted by atomic mass is 16.1. The number of rotatable bonds is 2. The number of pyridine rings is 2. The molecule has 0 N–H and O–H groups in total. The molecule has 11 aromatic carbocycles. The summed E-state index contributed by atoms with van der Waals surface area (Å²) in [5.41, 5.74) is 24.2. The Morgan fingerprint density at radius 2 is 0.606 bits per heavy atom. The van der Waals surface area contributed by atoms with Crippen LogP contribution < -0.4 is 10.9 Å². The van der Waals surface area contributed by atoms with Gasteiger partial charge in [-0.25, -0.2) is 0 Å². The van der Waals surface area contributed by atoms with E-state index in [4.69, 9.17) is 0 Å². The third-order valence-electron chi connectivity index (χ3n) is 21.6. The van der Waals surface area contributed by atoms with Gasteiger partial charge in [-0.05, 0) is 182 Å². The zero-order chi connectivity index (χ0) is 65.8. The second-order valence-corrected chi connectivity index (χ2v) is 32.6. The van der Waals surface area contributed by atoms with Crippen molar-refractivity contribution in [3.05, 3.63) is 271 Å². The zero-order valence-corrected chi connectivity index (χ0v) is 57.3. The standard InChI is InChI=1S/C90H82N2O2/c1-85(2,3)61-31-23-51(24-32-61)55-43-57-47-59(45-55)67-19-17-21-69-70-22-18-20-68-60-46-56(52-25-33-62(34-26-52)86(4,5)6)44-58(48-60)54-29-37-64(38-30-54)90(15,16)78-76-81-75(77(82(78)92(79(67)69)80(68)70)89(13,14)63-35-27-53(57)28-36-63)83(93)71-49-65(87(7,8)9)39-41-73(71)91(81)74-42-40-66(88(10,11)12)50-72(74)84(76)94/h17-50H,1-16H3. The Labute approximate surface area is 552 Å². The first-order valence-corrected chi connectivity index (χ1v) is 33.7. The molecule has 94 heavy (non-hydrogen) atoms. The summed E-state index contributed by atoms with van der Waals surface area (Å²) < 4.78 is 4.90. The van der Waals surface area contributed by atoms with Gasteiger partial charge in [0.05, 0.1) is 44.0 Å². The van der Waals surface area contributed by atoms with Crippen LogP contribution in [-0.2, 0) is 32.5 Å². The topological polar surface area (TPSA) is 43.5 Å². The van der Waals surface area contributed by atoms with Gasteiger partial charge >= 0.3 is 0 Å². The van der Waals surface area contributed by atoms with Gasteiger partial charge in [0.25, 0.3) is 0 Å². The minimum absolute atomic E-state index is 0.0105. The van der Waals surface area contributed by atoms with E-state index >= 15 is 9.59 Å². The van der Waals surface area contributed by atoms with Crippen LogP contribution >= 0.6 is 0 Å². The van der Waals surface area contributed by atoms with Crippen LogP contribution in [0.2, 0.25) is 0 Å². The van der Waals surface area contributed by atoms with Crippen molar-refractivity contribution < 1.29 is 0 Å². The monoisotopic (exact) mass is 1220 g/mol. The number of nitrogens with zero attached hydrogens (tertiary/aromatic N) is 2. The molecule has 3 aromatic heterocycles. The molecular formula is C90H82N2O2. The Hall–Kier alpha value is -9.64. The van der Waals surface area contributed by atoms with Crippen LogP contribution in [0.1, 0.15) is 155 Å². The zero-order valence-electron chi connectivity index (χ0n) is 57.3. The van der Waals surface area contributed by atoms with Crippen LogP contribution in [0.25, 0.3) is 132 Å². The first kappa shape index (κ1) is 59.4. The molecule has 0 amide bonds. The fraction of sp³-hybridized carbons (Fsp3) is 0.244. The lowest BCUT2D eigenvalue weighted by atomic mass is 9.68. The summed E-state index contributed by atoms with van der Waals surface area (Å²) in [6, 6.07) is 77.6. The molecule has 0 aliphatic carbocycles. The summed E-state index contributed by atoms with van der Waals surface area (Å²) in [6.45, 7) is 36.3. The van der Waals surface area contributed by atoms with Gasteiger partial charge in [0.15, 0.2) is 10.9 Å². The lowest BCUT2D eigenvalue weighted by Gasteiger charge is -2.38. The van der Waals surface area contributed by atoms with Gasteiger partial charge in [-0.15, -0.1) is 0 Å². The molecule has 0 spiro atoms. The summed E-state index contributed by atoms with van der Waals surface area (Å²) in [5.74, 6) is 0. The molecule has 0 radical (unpaired) electrons. The van der Waals surface area contributed by atoms with Gasteiger partial charge in [-0.1, -0.05) is 256 Å². The van der Waals surface area contributed by atoms with E-state index in [9.17, 15) is 0 Å². The Bertz CT molecular complexity index is 5340. The molecule has 8 bridgehead atoms. The largest absolute Gasteiger partial charge is 0.307 e. The molecular weight excluding hydrogens is 1140 g/mol. The third kappa shape index (κ3) is 8.84. The van der Waals surface area contributed by atoms with Crippen LogP contribution in [0.5, 0.6) is 0 Å². The first-order valence-electron chi connectivity index (χ1n) is 33.7. The van der Waals surface area contributed by atoms with Crippen molar-refractivity contribution in [3.8, 4) is 72.4 Å². The van der Waals surface area contributed by atoms with E-state index in [1.54, 1.807) is 0 Å². The van der Waals surface area contributed by atoms with Gasteiger partial charge in [0.1, 0.15) is 0 Å². The van der Waals surface area contributed by atoms with Crippen molar-refractivity contribution in [2.45, 2.75) is 143 Å². The van der Waals surface area contributed by atoms with E-state index in [2.05, 4.69) is 326 Å². The Morgan fingerprint density at radius 3 is 0.936 bits per heavy atom. The van der Waals surface area contributed by atoms with E-state index in [1.165, 1.54) is 11.1 Å². The van der Waals surface area contributed by atoms with Crippen LogP contribution in [0, 0.1) is 0 Å². The van der Waals surface area contributed by atoms with Gasteiger partial charge in [0.2, 0.25) is 0 Å². The molecule has 7 heterocycles. The molecule has 4 aliphatic rings. The van der Waals surface area contributed by atoms with E-state index in [-0.39, 0.29) is 32.5 Å². The molecule has 4 heteroatoms. The number of fused-ring (bicyclic) bond motifs is 9. The number of hydrogen-bond donors (Lipinski definition) is 0. The fourth-order valence-electron chi connectivity index (χ4n) is 16.0. The molecule has 0 atom stereocenters. The minimum Gasteiger partial charge on any atom is -0.307 e. The molecule has 0 unspecified atom stereocenters. The van der Waals surface area contributed by atoms with Gasteiger partial charge in [0, 0.05) is 43.5 Å². The lowest BCUT2D eigenvalue weighted by molar-refractivity contribution is 0.590. The van der Waals surface area contributed by atoms with Crippen molar-refractivity contribution in [2.75, 3.05) is 0 Å². The first-order chi connectivity index (χ1) is 44.5. The summed E-state index contributed by atoms with van der Waals surface area (Å²) in [5, 5.41) is 4.51. The number of hydrogen-bond acceptors (Lipinski definition) is 2. The second kappa shape index (κ2) is 19.9. The number of para-hydroxylation sites is 2. The van der Waals surface area contributed by atoms with Crippen molar-refractivity contribution in [1.29, 1.82) is 0 Å². The summed E-state index contributed by atoms with van der Waals surface area (Å²) in [4.78, 5) is 34.7. The molecule has 0 fully saturated rings. The normalized spacial score (nSPS) is 14.4. The molecule has 0 saturated heterocycles. The van der Waals surface area contributed by atoms with Crippen LogP contribution in [0.15, 0.2) is 216 Å². The summed E-state index contributed by atoms with van der Waals surface area (Å²) in [6.07, 6.45) is 0. The second-order valence-electron chi connectivity index (χ2n) is 32.6. The molecule has 464 valence electrons. The maximum atomic E-state index is 17.4. The van der Waals surface area contributed by atoms with E-state index in [0.29, 0.717) is 27.1 Å². The average Bonchev–Trinajstić information content (AvgIpc) is 1.06. The van der Waals surface area contributed by atoms with Crippen molar-refractivity contribution in [1.82, 2.24) is 8.97 Å². The highest BCUT2D eigenvalue weighted by molar-refractivity contribution is 6.20. The van der Waals surface area contributed by atoms with Crippen LogP contribution in [0.3, 0.4) is 0 Å². The fourth-order valence-corrected chi connectivity index (χ4v) is 16.0. The van der Waals surface area contributed by atoms with Gasteiger partial charge in [-0.2, -0.15) is 0 Å². The van der Waals surface area contributed by atoms with E-state index in [0.717, 1.165) is 139 Å². The van der Waals surface area contributed by atoms with Crippen molar-refractivity contribution >= 4 is 59.9 Å². The predicted octanol–water partition coefficient (Wildman–Crippen LogP) is 23.1. The smallest absolute Gasteiger partial charge is 0.197 e. The molecule has 0 saturated carbocycles. The summed E-state index contributed by atoms with van der Waals surface area (Å²) >= 11 is 0. The predicted molar refractivity (Wildman–Crippen MR) is 400 cm³/mol. The average molecular weight is 1220 g/mol. The molecule has 14 aromatic rings. The molecule has 4 aliphatic heterocycles. The molecule has 18 rings (SSSR count). The van der Waals surface area contributed by atoms with Crippen LogP contribution in [0.4, 0.5) is 0 Å². The van der Waals surface area contributed by atoms with E-state index in [1.807, 2.05) is 0 Å². The minimum atomic E-state index is -0.910. The lowest BCUT2D eigenvalue weighted by Crippen LogP contribution is -2.32. The Balaban J connectivity index is 1.20.